The van der Waals surface area contributed by atoms with Crippen molar-refractivity contribution in [2.45, 2.75) is 12.6 Å². The molecule has 3 heterocycles. The Hall–Kier alpha value is -3.58. The lowest BCUT2D eigenvalue weighted by atomic mass is 10.2. The van der Waals surface area contributed by atoms with E-state index in [1.54, 1.807) is 31.3 Å². The third-order valence-electron chi connectivity index (χ3n) is 4.60. The van der Waals surface area contributed by atoms with Crippen LogP contribution in [0.3, 0.4) is 0 Å². The number of amides is 1. The van der Waals surface area contributed by atoms with Gasteiger partial charge in [0, 0.05) is 12.7 Å². The summed E-state index contributed by atoms with van der Waals surface area (Å²) in [5.41, 5.74) is 1.39. The van der Waals surface area contributed by atoms with E-state index in [0.29, 0.717) is 16.7 Å². The van der Waals surface area contributed by atoms with Crippen molar-refractivity contribution < 1.29 is 13.9 Å². The van der Waals surface area contributed by atoms with Crippen LogP contribution in [0.1, 0.15) is 5.56 Å². The standard InChI is InChI=1S/C18H14ClFN6O3/c1-25-13-3-2-10(22-16-12(20)4-9(6-21)15(19)24-16)5-14(13)26(18(25)28)7-11-8-29-17(27)23-11/h2-5,11H,7-8H2,1H3,(H,22,24)(H,23,27)/t11-/m1/s1. The lowest BCUT2D eigenvalue weighted by Crippen LogP contribution is -2.35. The van der Waals surface area contributed by atoms with E-state index in [1.165, 1.54) is 9.13 Å². The first-order valence-corrected chi connectivity index (χ1v) is 8.91. The van der Waals surface area contributed by atoms with Crippen LogP contribution >= 0.6 is 11.6 Å². The number of rotatable bonds is 4. The van der Waals surface area contributed by atoms with Gasteiger partial charge < -0.3 is 15.4 Å². The Morgan fingerprint density at radius 1 is 1.41 bits per heavy atom. The van der Waals surface area contributed by atoms with Crippen molar-refractivity contribution in [1.82, 2.24) is 19.4 Å². The summed E-state index contributed by atoms with van der Waals surface area (Å²) in [5.74, 6) is -0.878. The largest absolute Gasteiger partial charge is 0.447 e. The number of benzene rings is 1. The number of halogens is 2. The molecule has 2 aromatic heterocycles. The summed E-state index contributed by atoms with van der Waals surface area (Å²) in [6.07, 6.45) is -0.523. The van der Waals surface area contributed by atoms with Crippen LogP contribution in [-0.4, -0.2) is 32.9 Å². The van der Waals surface area contributed by atoms with Gasteiger partial charge in [0.05, 0.1) is 29.2 Å². The Labute approximate surface area is 168 Å². The van der Waals surface area contributed by atoms with E-state index in [4.69, 9.17) is 21.6 Å². The van der Waals surface area contributed by atoms with Crippen molar-refractivity contribution in [1.29, 1.82) is 5.26 Å². The van der Waals surface area contributed by atoms with Gasteiger partial charge in [-0.25, -0.2) is 19.0 Å². The molecule has 1 atom stereocenters. The number of aryl methyl sites for hydroxylation is 1. The Morgan fingerprint density at radius 2 is 2.21 bits per heavy atom. The number of ether oxygens (including phenoxy) is 1. The maximum Gasteiger partial charge on any atom is 0.407 e. The van der Waals surface area contributed by atoms with Crippen LogP contribution in [0, 0.1) is 17.1 Å². The van der Waals surface area contributed by atoms with Crippen LogP contribution in [0.4, 0.5) is 20.7 Å². The molecule has 0 spiro atoms. The molecular formula is C18H14ClFN6O3. The highest BCUT2D eigenvalue weighted by Gasteiger charge is 2.24. The van der Waals surface area contributed by atoms with E-state index in [9.17, 15) is 14.0 Å². The summed E-state index contributed by atoms with van der Waals surface area (Å²) in [5, 5.41) is 14.2. The van der Waals surface area contributed by atoms with Gasteiger partial charge in [-0.15, -0.1) is 0 Å². The number of anilines is 2. The van der Waals surface area contributed by atoms with E-state index in [0.717, 1.165) is 6.07 Å². The number of hydrogen-bond donors (Lipinski definition) is 2. The highest BCUT2D eigenvalue weighted by molar-refractivity contribution is 6.30. The number of nitrogens with zero attached hydrogens (tertiary/aromatic N) is 4. The molecule has 148 valence electrons. The van der Waals surface area contributed by atoms with Crippen LogP contribution < -0.4 is 16.3 Å². The number of carbonyl (C=O) groups is 1. The Balaban J connectivity index is 1.71. The molecule has 0 unspecified atom stereocenters. The van der Waals surface area contributed by atoms with Gasteiger partial charge in [-0.05, 0) is 24.3 Å². The van der Waals surface area contributed by atoms with E-state index < -0.39 is 11.9 Å². The fraction of sp³-hybridized carbons (Fsp3) is 0.222. The fourth-order valence-corrected chi connectivity index (χ4v) is 3.36. The second-order valence-corrected chi connectivity index (χ2v) is 6.85. The Morgan fingerprint density at radius 3 is 2.90 bits per heavy atom. The summed E-state index contributed by atoms with van der Waals surface area (Å²) in [6.45, 7) is 0.388. The van der Waals surface area contributed by atoms with Crippen molar-refractivity contribution in [3.05, 3.63) is 51.3 Å². The number of alkyl carbamates (subject to hydrolysis) is 1. The molecule has 0 bridgehead atoms. The van der Waals surface area contributed by atoms with Gasteiger partial charge in [0.1, 0.15) is 17.8 Å². The number of hydrogen-bond acceptors (Lipinski definition) is 6. The third-order valence-corrected chi connectivity index (χ3v) is 4.89. The van der Waals surface area contributed by atoms with Gasteiger partial charge in [-0.3, -0.25) is 9.13 Å². The second kappa shape index (κ2) is 7.10. The first kappa shape index (κ1) is 18.8. The highest BCUT2D eigenvalue weighted by Crippen LogP contribution is 2.25. The molecule has 0 saturated carbocycles. The molecule has 1 fully saturated rings. The summed E-state index contributed by atoms with van der Waals surface area (Å²) in [6, 6.07) is 7.47. The van der Waals surface area contributed by atoms with Gasteiger partial charge in [-0.1, -0.05) is 11.6 Å². The van der Waals surface area contributed by atoms with Gasteiger partial charge in [-0.2, -0.15) is 5.26 Å². The van der Waals surface area contributed by atoms with Crippen molar-refractivity contribution in [3.8, 4) is 6.07 Å². The van der Waals surface area contributed by atoms with E-state index in [-0.39, 0.29) is 41.4 Å². The number of carbonyl (C=O) groups excluding carboxylic acids is 1. The molecule has 1 saturated heterocycles. The summed E-state index contributed by atoms with van der Waals surface area (Å²) < 4.78 is 22.1. The predicted molar refractivity (Wildman–Crippen MR) is 103 cm³/mol. The lowest BCUT2D eigenvalue weighted by Gasteiger charge is -2.10. The molecular weight excluding hydrogens is 403 g/mol. The second-order valence-electron chi connectivity index (χ2n) is 6.49. The SMILES string of the molecule is Cn1c(=O)n(C[C@@H]2COC(=O)N2)c2cc(Nc3nc(Cl)c(C#N)cc3F)ccc21. The van der Waals surface area contributed by atoms with Crippen LogP contribution in [0.15, 0.2) is 29.1 Å². The first-order chi connectivity index (χ1) is 13.9. The zero-order chi connectivity index (χ0) is 20.7. The number of nitriles is 1. The van der Waals surface area contributed by atoms with Crippen LogP contribution in [0.25, 0.3) is 11.0 Å². The maximum atomic E-state index is 14.2. The maximum absolute atomic E-state index is 14.2. The monoisotopic (exact) mass is 416 g/mol. The molecule has 0 aliphatic carbocycles. The minimum atomic E-state index is -0.734. The number of aromatic nitrogens is 3. The van der Waals surface area contributed by atoms with Gasteiger partial charge in [0.2, 0.25) is 0 Å². The van der Waals surface area contributed by atoms with Crippen LogP contribution in [0.2, 0.25) is 5.15 Å². The van der Waals surface area contributed by atoms with Crippen molar-refractivity contribution in [3.63, 3.8) is 0 Å². The minimum absolute atomic E-state index is 0.0668. The van der Waals surface area contributed by atoms with E-state index in [2.05, 4.69) is 15.6 Å². The number of imidazole rings is 1. The lowest BCUT2D eigenvalue weighted by molar-refractivity contribution is 0.176. The zero-order valence-electron chi connectivity index (χ0n) is 15.1. The number of pyridine rings is 1. The number of cyclic esters (lactones) is 1. The predicted octanol–water partition coefficient (Wildman–Crippen LogP) is 2.25. The first-order valence-electron chi connectivity index (χ1n) is 8.53. The molecule has 3 aromatic rings. The molecule has 4 rings (SSSR count). The third kappa shape index (κ3) is 3.36. The Kier molecular flexibility index (Phi) is 4.60. The van der Waals surface area contributed by atoms with Gasteiger partial charge in [0.15, 0.2) is 11.6 Å². The van der Waals surface area contributed by atoms with E-state index in [1.807, 2.05) is 0 Å². The smallest absolute Gasteiger partial charge is 0.407 e. The number of fused-ring (bicyclic) bond motifs is 1. The minimum Gasteiger partial charge on any atom is -0.447 e. The number of nitrogens with one attached hydrogen (secondary N) is 2. The topological polar surface area (TPSA) is 114 Å². The van der Waals surface area contributed by atoms with E-state index >= 15 is 0 Å². The molecule has 2 N–H and O–H groups in total. The normalized spacial score (nSPS) is 15.8. The molecule has 1 aliphatic rings. The summed E-state index contributed by atoms with van der Waals surface area (Å²) >= 11 is 5.88. The van der Waals surface area contributed by atoms with Crippen LogP contribution in [0.5, 0.6) is 0 Å². The summed E-state index contributed by atoms with van der Waals surface area (Å²) in [7, 11) is 1.64. The average Bonchev–Trinajstić information content (AvgIpc) is 3.21. The quantitative estimate of drug-likeness (QED) is 0.630. The van der Waals surface area contributed by atoms with Gasteiger partial charge >= 0.3 is 11.8 Å². The van der Waals surface area contributed by atoms with Crippen molar-refractivity contribution in [2.24, 2.45) is 7.05 Å². The highest BCUT2D eigenvalue weighted by atomic mass is 35.5. The van der Waals surface area contributed by atoms with Crippen molar-refractivity contribution >= 4 is 40.2 Å². The van der Waals surface area contributed by atoms with Crippen LogP contribution in [-0.2, 0) is 18.3 Å². The molecule has 1 amide bonds. The molecule has 1 aromatic carbocycles. The fourth-order valence-electron chi connectivity index (χ4n) is 3.18. The van der Waals surface area contributed by atoms with Gasteiger partial charge in [0.25, 0.3) is 0 Å². The molecule has 29 heavy (non-hydrogen) atoms. The molecule has 0 radical (unpaired) electrons. The Bertz CT molecular complexity index is 1250. The van der Waals surface area contributed by atoms with Crippen molar-refractivity contribution in [2.75, 3.05) is 11.9 Å². The molecule has 11 heteroatoms. The molecule has 1 aliphatic heterocycles. The summed E-state index contributed by atoms with van der Waals surface area (Å²) in [4.78, 5) is 27.8. The zero-order valence-corrected chi connectivity index (χ0v) is 15.8. The average molecular weight is 417 g/mol. The molecule has 9 nitrogen and oxygen atoms in total.